The van der Waals surface area contributed by atoms with Crippen LogP contribution in [0, 0.1) is 5.82 Å². The van der Waals surface area contributed by atoms with Crippen LogP contribution in [0.5, 0.6) is 0 Å². The van der Waals surface area contributed by atoms with Crippen LogP contribution in [-0.2, 0) is 17.9 Å². The highest BCUT2D eigenvalue weighted by molar-refractivity contribution is 5.88. The Morgan fingerprint density at radius 2 is 1.52 bits per heavy atom. The maximum absolute atomic E-state index is 13.2. The summed E-state index contributed by atoms with van der Waals surface area (Å²) in [5.74, 6) is -0.276. The molecule has 0 saturated heterocycles. The van der Waals surface area contributed by atoms with Gasteiger partial charge in [-0.2, -0.15) is 0 Å². The van der Waals surface area contributed by atoms with Crippen molar-refractivity contribution in [2.24, 2.45) is 5.73 Å². The van der Waals surface area contributed by atoms with Gasteiger partial charge in [-0.3, -0.25) is 9.69 Å². The monoisotopic (exact) mass is 369 g/mol. The molecular weight excluding hydrogens is 341 g/mol. The van der Waals surface area contributed by atoms with Gasteiger partial charge in [0.15, 0.2) is 0 Å². The van der Waals surface area contributed by atoms with Crippen molar-refractivity contribution in [3.05, 3.63) is 65.5 Å². The fourth-order valence-electron chi connectivity index (χ4n) is 3.74. The Labute approximate surface area is 160 Å². The van der Waals surface area contributed by atoms with Crippen LogP contribution in [0.4, 0.5) is 10.1 Å². The second-order valence-electron chi connectivity index (χ2n) is 7.48. The molecule has 0 radical (unpaired) electrons. The molecule has 2 aromatic rings. The maximum Gasteiger partial charge on any atom is 0.221 e. The van der Waals surface area contributed by atoms with E-state index in [-0.39, 0.29) is 11.7 Å². The van der Waals surface area contributed by atoms with Gasteiger partial charge in [0, 0.05) is 37.8 Å². The SMILES string of the molecule is CC(=O)Nc1ccc(CN(Cc2ccc(F)cc2)C2CCC(N)CC2)cc1. The van der Waals surface area contributed by atoms with E-state index >= 15 is 0 Å². The van der Waals surface area contributed by atoms with Crippen molar-refractivity contribution in [1.29, 1.82) is 0 Å². The lowest BCUT2D eigenvalue weighted by molar-refractivity contribution is -0.114. The van der Waals surface area contributed by atoms with Gasteiger partial charge in [-0.05, 0) is 61.1 Å². The average molecular weight is 369 g/mol. The van der Waals surface area contributed by atoms with E-state index in [2.05, 4.69) is 22.3 Å². The lowest BCUT2D eigenvalue weighted by atomic mass is 9.90. The summed E-state index contributed by atoms with van der Waals surface area (Å²) in [4.78, 5) is 13.6. The predicted octanol–water partition coefficient (Wildman–Crippen LogP) is 4.06. The first-order valence-electron chi connectivity index (χ1n) is 9.60. The highest BCUT2D eigenvalue weighted by Crippen LogP contribution is 2.26. The molecule has 2 aromatic carbocycles. The number of rotatable bonds is 6. The summed E-state index contributed by atoms with van der Waals surface area (Å²) in [6, 6.07) is 15.5. The van der Waals surface area contributed by atoms with E-state index in [0.717, 1.165) is 50.0 Å². The number of nitrogens with zero attached hydrogens (tertiary/aromatic N) is 1. The van der Waals surface area contributed by atoms with Crippen molar-refractivity contribution in [3.63, 3.8) is 0 Å². The fourth-order valence-corrected chi connectivity index (χ4v) is 3.74. The van der Waals surface area contributed by atoms with Gasteiger partial charge in [-0.25, -0.2) is 4.39 Å². The van der Waals surface area contributed by atoms with Gasteiger partial charge in [0.05, 0.1) is 0 Å². The van der Waals surface area contributed by atoms with E-state index < -0.39 is 0 Å². The summed E-state index contributed by atoms with van der Waals surface area (Å²) < 4.78 is 13.2. The molecule has 0 aromatic heterocycles. The van der Waals surface area contributed by atoms with E-state index in [4.69, 9.17) is 5.73 Å². The molecule has 5 heteroatoms. The number of halogens is 1. The minimum atomic E-state index is -0.206. The molecule has 144 valence electrons. The topological polar surface area (TPSA) is 58.4 Å². The van der Waals surface area contributed by atoms with Crippen molar-refractivity contribution in [3.8, 4) is 0 Å². The number of anilines is 1. The van der Waals surface area contributed by atoms with Crippen molar-refractivity contribution in [2.75, 3.05) is 5.32 Å². The molecule has 0 unspecified atom stereocenters. The number of amides is 1. The second kappa shape index (κ2) is 9.11. The molecule has 0 aliphatic heterocycles. The molecule has 1 aliphatic rings. The molecule has 1 fully saturated rings. The molecule has 27 heavy (non-hydrogen) atoms. The summed E-state index contributed by atoms with van der Waals surface area (Å²) >= 11 is 0. The normalized spacial score (nSPS) is 19.9. The van der Waals surface area contributed by atoms with Crippen LogP contribution in [-0.4, -0.2) is 22.9 Å². The Morgan fingerprint density at radius 1 is 1.00 bits per heavy atom. The highest BCUT2D eigenvalue weighted by Gasteiger charge is 2.24. The van der Waals surface area contributed by atoms with Gasteiger partial charge in [0.2, 0.25) is 5.91 Å². The zero-order valence-corrected chi connectivity index (χ0v) is 15.8. The van der Waals surface area contributed by atoms with Gasteiger partial charge in [-0.15, -0.1) is 0 Å². The van der Waals surface area contributed by atoms with Crippen LogP contribution in [0.3, 0.4) is 0 Å². The number of nitrogens with two attached hydrogens (primary N) is 1. The lowest BCUT2D eigenvalue weighted by Gasteiger charge is -2.36. The molecule has 1 saturated carbocycles. The second-order valence-corrected chi connectivity index (χ2v) is 7.48. The molecule has 0 spiro atoms. The summed E-state index contributed by atoms with van der Waals surface area (Å²) in [7, 11) is 0. The Balaban J connectivity index is 1.72. The summed E-state index contributed by atoms with van der Waals surface area (Å²) in [6.45, 7) is 3.11. The van der Waals surface area contributed by atoms with Crippen molar-refractivity contribution < 1.29 is 9.18 Å². The van der Waals surface area contributed by atoms with Crippen molar-refractivity contribution in [1.82, 2.24) is 4.90 Å². The quantitative estimate of drug-likeness (QED) is 0.807. The molecule has 1 aliphatic carbocycles. The molecular formula is C22H28FN3O. The van der Waals surface area contributed by atoms with Crippen LogP contribution >= 0.6 is 0 Å². The van der Waals surface area contributed by atoms with E-state index in [0.29, 0.717) is 12.1 Å². The Morgan fingerprint density at radius 3 is 2.04 bits per heavy atom. The minimum Gasteiger partial charge on any atom is -0.328 e. The number of hydrogen-bond donors (Lipinski definition) is 2. The van der Waals surface area contributed by atoms with Crippen LogP contribution in [0.1, 0.15) is 43.7 Å². The van der Waals surface area contributed by atoms with Gasteiger partial charge in [0.25, 0.3) is 0 Å². The molecule has 0 bridgehead atoms. The average Bonchev–Trinajstić information content (AvgIpc) is 2.65. The first-order valence-corrected chi connectivity index (χ1v) is 9.60. The first kappa shape index (κ1) is 19.5. The number of carbonyl (C=O) groups excluding carboxylic acids is 1. The number of carbonyl (C=O) groups is 1. The number of benzene rings is 2. The first-order chi connectivity index (χ1) is 13.0. The van der Waals surface area contributed by atoms with Gasteiger partial charge in [-0.1, -0.05) is 24.3 Å². The van der Waals surface area contributed by atoms with E-state index in [1.165, 1.54) is 24.6 Å². The molecule has 3 N–H and O–H groups in total. The smallest absolute Gasteiger partial charge is 0.221 e. The summed E-state index contributed by atoms with van der Waals surface area (Å²) in [5.41, 5.74) is 9.19. The Hall–Kier alpha value is -2.24. The van der Waals surface area contributed by atoms with E-state index in [1.54, 1.807) is 0 Å². The van der Waals surface area contributed by atoms with Crippen LogP contribution in [0.2, 0.25) is 0 Å². The van der Waals surface area contributed by atoms with Crippen molar-refractivity contribution in [2.45, 2.75) is 57.8 Å². The molecule has 0 heterocycles. The van der Waals surface area contributed by atoms with Crippen molar-refractivity contribution >= 4 is 11.6 Å². The molecule has 3 rings (SSSR count). The van der Waals surface area contributed by atoms with Gasteiger partial charge < -0.3 is 11.1 Å². The largest absolute Gasteiger partial charge is 0.328 e. The zero-order valence-electron chi connectivity index (χ0n) is 15.8. The number of hydrogen-bond acceptors (Lipinski definition) is 3. The predicted molar refractivity (Wildman–Crippen MR) is 107 cm³/mol. The highest BCUT2D eigenvalue weighted by atomic mass is 19.1. The van der Waals surface area contributed by atoms with E-state index in [9.17, 15) is 9.18 Å². The zero-order chi connectivity index (χ0) is 19.2. The number of nitrogens with one attached hydrogen (secondary N) is 1. The maximum atomic E-state index is 13.2. The van der Waals surface area contributed by atoms with Crippen LogP contribution in [0.25, 0.3) is 0 Å². The lowest BCUT2D eigenvalue weighted by Crippen LogP contribution is -2.40. The van der Waals surface area contributed by atoms with Gasteiger partial charge in [0.1, 0.15) is 5.82 Å². The summed E-state index contributed by atoms with van der Waals surface area (Å²) in [5, 5.41) is 2.80. The standard InChI is InChI=1S/C22H28FN3O/c1-16(27)25-21-10-4-18(5-11-21)15-26(22-12-8-20(24)9-13-22)14-17-2-6-19(23)7-3-17/h2-7,10-11,20,22H,8-9,12-15,24H2,1H3,(H,25,27). The van der Waals surface area contributed by atoms with Crippen LogP contribution < -0.4 is 11.1 Å². The molecule has 1 amide bonds. The third-order valence-electron chi connectivity index (χ3n) is 5.22. The fraction of sp³-hybridized carbons (Fsp3) is 0.409. The molecule has 4 nitrogen and oxygen atoms in total. The Bertz CT molecular complexity index is 737. The third-order valence-corrected chi connectivity index (χ3v) is 5.22. The molecule has 0 atom stereocenters. The van der Waals surface area contributed by atoms with E-state index in [1.807, 2.05) is 24.3 Å². The Kier molecular flexibility index (Phi) is 6.58. The van der Waals surface area contributed by atoms with Gasteiger partial charge >= 0.3 is 0 Å². The third kappa shape index (κ3) is 5.88. The van der Waals surface area contributed by atoms with Crippen LogP contribution in [0.15, 0.2) is 48.5 Å². The summed E-state index contributed by atoms with van der Waals surface area (Å²) in [6.07, 6.45) is 4.27. The minimum absolute atomic E-state index is 0.0702.